The van der Waals surface area contributed by atoms with Crippen LogP contribution in [0.1, 0.15) is 52.9 Å². The highest BCUT2D eigenvalue weighted by Gasteiger charge is 2.42. The van der Waals surface area contributed by atoms with Gasteiger partial charge in [-0.15, -0.1) is 0 Å². The number of nitrogens with zero attached hydrogens (tertiary/aromatic N) is 1. The lowest BCUT2D eigenvalue weighted by Crippen LogP contribution is -2.44. The molecule has 4 nitrogen and oxygen atoms in total. The first kappa shape index (κ1) is 14.6. The Morgan fingerprint density at radius 1 is 1.32 bits per heavy atom. The minimum absolute atomic E-state index is 0.157. The van der Waals surface area contributed by atoms with Crippen LogP contribution in [0.15, 0.2) is 0 Å². The van der Waals surface area contributed by atoms with Crippen molar-refractivity contribution in [2.45, 2.75) is 58.5 Å². The number of piperidine rings is 1. The Balaban J connectivity index is 1.84. The van der Waals surface area contributed by atoms with Crippen molar-refractivity contribution in [3.05, 3.63) is 0 Å². The average Bonchev–Trinajstić information content (AvgIpc) is 2.71. The quantitative estimate of drug-likeness (QED) is 0.795. The van der Waals surface area contributed by atoms with Gasteiger partial charge in [0.05, 0.1) is 0 Å². The Kier molecular flexibility index (Phi) is 4.09. The molecule has 110 valence electrons. The molecule has 1 saturated carbocycles. The molecular weight excluding hydrogens is 240 g/mol. The van der Waals surface area contributed by atoms with Crippen LogP contribution in [0.25, 0.3) is 0 Å². The van der Waals surface area contributed by atoms with E-state index in [1.165, 1.54) is 19.3 Å². The van der Waals surface area contributed by atoms with Crippen LogP contribution in [0.3, 0.4) is 0 Å². The van der Waals surface area contributed by atoms with Gasteiger partial charge in [-0.3, -0.25) is 0 Å². The predicted octanol–water partition coefficient (Wildman–Crippen LogP) is 2.76. The van der Waals surface area contributed by atoms with Crippen LogP contribution in [0, 0.1) is 11.3 Å². The molecule has 0 aromatic carbocycles. The second-order valence-electron chi connectivity index (χ2n) is 7.31. The third-order valence-corrected chi connectivity index (χ3v) is 4.61. The zero-order chi connectivity index (χ0) is 14.1. The van der Waals surface area contributed by atoms with Crippen molar-refractivity contribution in [2.75, 3.05) is 19.6 Å². The van der Waals surface area contributed by atoms with E-state index in [4.69, 9.17) is 10.5 Å². The fourth-order valence-electron chi connectivity index (χ4n) is 3.47. The molecule has 0 aromatic rings. The minimum Gasteiger partial charge on any atom is -0.444 e. The van der Waals surface area contributed by atoms with Gasteiger partial charge in [-0.2, -0.15) is 0 Å². The van der Waals surface area contributed by atoms with E-state index in [0.717, 1.165) is 32.5 Å². The summed E-state index contributed by atoms with van der Waals surface area (Å²) in [5.74, 6) is 0.702. The lowest BCUT2D eigenvalue weighted by atomic mass is 9.76. The second-order valence-corrected chi connectivity index (χ2v) is 7.31. The van der Waals surface area contributed by atoms with Gasteiger partial charge in [0.15, 0.2) is 0 Å². The van der Waals surface area contributed by atoms with Gasteiger partial charge in [0, 0.05) is 13.1 Å². The van der Waals surface area contributed by atoms with Gasteiger partial charge in [-0.1, -0.05) is 0 Å². The van der Waals surface area contributed by atoms with Gasteiger partial charge in [0.2, 0.25) is 0 Å². The molecule has 0 radical (unpaired) electrons. The number of carbonyl (C=O) groups excluding carboxylic acids is 1. The van der Waals surface area contributed by atoms with Crippen molar-refractivity contribution < 1.29 is 9.53 Å². The molecule has 1 aliphatic carbocycles. The molecule has 1 atom stereocenters. The number of hydrogen-bond acceptors (Lipinski definition) is 3. The van der Waals surface area contributed by atoms with Gasteiger partial charge in [0.25, 0.3) is 0 Å². The molecule has 1 amide bonds. The summed E-state index contributed by atoms with van der Waals surface area (Å²) in [6.07, 6.45) is 5.88. The summed E-state index contributed by atoms with van der Waals surface area (Å²) < 4.78 is 5.44. The lowest BCUT2D eigenvalue weighted by Gasteiger charge is -2.40. The molecule has 0 aromatic heterocycles. The maximum absolute atomic E-state index is 12.0. The lowest BCUT2D eigenvalue weighted by molar-refractivity contribution is 0.0103. The van der Waals surface area contributed by atoms with Crippen molar-refractivity contribution in [3.63, 3.8) is 0 Å². The van der Waals surface area contributed by atoms with Crippen molar-refractivity contribution in [1.82, 2.24) is 4.90 Å². The normalized spacial score (nSPS) is 26.7. The van der Waals surface area contributed by atoms with E-state index in [1.54, 1.807) is 0 Å². The van der Waals surface area contributed by atoms with Crippen LogP contribution in [0.4, 0.5) is 4.79 Å². The molecule has 0 unspecified atom stereocenters. The molecule has 1 heterocycles. The van der Waals surface area contributed by atoms with Gasteiger partial charge in [0.1, 0.15) is 5.60 Å². The summed E-state index contributed by atoms with van der Waals surface area (Å²) in [6, 6.07) is 0. The fraction of sp³-hybridized carbons (Fsp3) is 0.933. The fourth-order valence-corrected chi connectivity index (χ4v) is 3.47. The molecule has 2 fully saturated rings. The SMILES string of the molecule is CC(C)(C)OC(=O)N1CCC2(CC[C@H](CN)C2)CC1. The van der Waals surface area contributed by atoms with E-state index in [2.05, 4.69) is 0 Å². The number of amides is 1. The van der Waals surface area contributed by atoms with Crippen LogP contribution >= 0.6 is 0 Å². The Hall–Kier alpha value is -0.770. The van der Waals surface area contributed by atoms with E-state index in [-0.39, 0.29) is 6.09 Å². The third-order valence-electron chi connectivity index (χ3n) is 4.61. The summed E-state index contributed by atoms with van der Waals surface area (Å²) in [6.45, 7) is 8.24. The number of hydrogen-bond donors (Lipinski definition) is 1. The molecule has 0 bridgehead atoms. The highest BCUT2D eigenvalue weighted by molar-refractivity contribution is 5.68. The topological polar surface area (TPSA) is 55.6 Å². The minimum atomic E-state index is -0.399. The Labute approximate surface area is 116 Å². The largest absolute Gasteiger partial charge is 0.444 e. The van der Waals surface area contributed by atoms with E-state index in [9.17, 15) is 4.79 Å². The van der Waals surface area contributed by atoms with Gasteiger partial charge in [-0.05, 0) is 70.8 Å². The summed E-state index contributed by atoms with van der Waals surface area (Å²) in [5.41, 5.74) is 5.85. The maximum Gasteiger partial charge on any atom is 0.410 e. The molecule has 19 heavy (non-hydrogen) atoms. The molecule has 2 aliphatic rings. The summed E-state index contributed by atoms with van der Waals surface area (Å²) in [7, 11) is 0. The number of likely N-dealkylation sites (tertiary alicyclic amines) is 1. The zero-order valence-corrected chi connectivity index (χ0v) is 12.6. The maximum atomic E-state index is 12.0. The van der Waals surface area contributed by atoms with Crippen LogP contribution in [0.5, 0.6) is 0 Å². The van der Waals surface area contributed by atoms with Crippen molar-refractivity contribution in [1.29, 1.82) is 0 Å². The number of carbonyl (C=O) groups is 1. The molecule has 2 rings (SSSR count). The Morgan fingerprint density at radius 3 is 2.42 bits per heavy atom. The van der Waals surface area contributed by atoms with Crippen molar-refractivity contribution in [2.24, 2.45) is 17.1 Å². The summed E-state index contributed by atoms with van der Waals surface area (Å²) in [5, 5.41) is 0. The van der Waals surface area contributed by atoms with E-state index in [1.807, 2.05) is 25.7 Å². The summed E-state index contributed by atoms with van der Waals surface area (Å²) >= 11 is 0. The molecule has 1 aliphatic heterocycles. The van der Waals surface area contributed by atoms with Crippen LogP contribution in [-0.2, 0) is 4.74 Å². The Morgan fingerprint density at radius 2 is 1.95 bits per heavy atom. The molecule has 1 saturated heterocycles. The van der Waals surface area contributed by atoms with Gasteiger partial charge < -0.3 is 15.4 Å². The highest BCUT2D eigenvalue weighted by atomic mass is 16.6. The number of rotatable bonds is 1. The van der Waals surface area contributed by atoms with Crippen LogP contribution in [0.2, 0.25) is 0 Å². The molecule has 4 heteroatoms. The first-order chi connectivity index (χ1) is 8.84. The number of ether oxygens (including phenoxy) is 1. The molecule has 1 spiro atoms. The molecular formula is C15H28N2O2. The standard InChI is InChI=1S/C15H28N2O2/c1-14(2,3)19-13(18)17-8-6-15(7-9-17)5-4-12(10-15)11-16/h12H,4-11,16H2,1-3H3/t12-/m0/s1. The van der Waals surface area contributed by atoms with Gasteiger partial charge in [-0.25, -0.2) is 4.79 Å². The third kappa shape index (κ3) is 3.62. The molecule has 2 N–H and O–H groups in total. The number of nitrogens with two attached hydrogens (primary N) is 1. The monoisotopic (exact) mass is 268 g/mol. The Bertz CT molecular complexity index is 328. The average molecular weight is 268 g/mol. The van der Waals surface area contributed by atoms with E-state index < -0.39 is 5.60 Å². The van der Waals surface area contributed by atoms with Gasteiger partial charge >= 0.3 is 6.09 Å². The first-order valence-corrected chi connectivity index (χ1v) is 7.52. The van der Waals surface area contributed by atoms with Crippen LogP contribution < -0.4 is 5.73 Å². The van der Waals surface area contributed by atoms with Crippen LogP contribution in [-0.4, -0.2) is 36.2 Å². The zero-order valence-electron chi connectivity index (χ0n) is 12.6. The predicted molar refractivity (Wildman–Crippen MR) is 75.9 cm³/mol. The summed E-state index contributed by atoms with van der Waals surface area (Å²) in [4.78, 5) is 13.9. The van der Waals surface area contributed by atoms with Crippen molar-refractivity contribution >= 4 is 6.09 Å². The second kappa shape index (κ2) is 5.31. The van der Waals surface area contributed by atoms with E-state index >= 15 is 0 Å². The van der Waals surface area contributed by atoms with E-state index in [0.29, 0.717) is 11.3 Å². The smallest absolute Gasteiger partial charge is 0.410 e. The highest BCUT2D eigenvalue weighted by Crippen LogP contribution is 2.48. The van der Waals surface area contributed by atoms with Crippen molar-refractivity contribution in [3.8, 4) is 0 Å². The first-order valence-electron chi connectivity index (χ1n) is 7.52.